The first kappa shape index (κ1) is 15.9. The van der Waals surface area contributed by atoms with Crippen LogP contribution in [0.4, 0.5) is 5.13 Å². The maximum atomic E-state index is 4.83. The number of rotatable bonds is 8. The number of anilines is 1. The van der Waals surface area contributed by atoms with Crippen LogP contribution in [0.25, 0.3) is 0 Å². The molecule has 1 N–H and O–H groups in total. The molecule has 2 heterocycles. The lowest BCUT2D eigenvalue weighted by Gasteiger charge is -2.19. The summed E-state index contributed by atoms with van der Waals surface area (Å²) in [6.07, 6.45) is 2.83. The topological polar surface area (TPSA) is 41.0 Å². The van der Waals surface area contributed by atoms with Gasteiger partial charge < -0.3 is 10.2 Å². The summed E-state index contributed by atoms with van der Waals surface area (Å²) in [6, 6.07) is 6.05. The van der Waals surface area contributed by atoms with Gasteiger partial charge in [0.2, 0.25) is 0 Å². The number of hydrogen-bond acceptors (Lipinski definition) is 5. The van der Waals surface area contributed by atoms with Crippen molar-refractivity contribution in [1.82, 2.24) is 15.3 Å². The summed E-state index contributed by atoms with van der Waals surface area (Å²) in [5.74, 6) is 0. The first-order valence-corrected chi connectivity index (χ1v) is 8.44. The molecule has 21 heavy (non-hydrogen) atoms. The highest BCUT2D eigenvalue weighted by atomic mass is 32.1. The molecule has 2 aromatic heterocycles. The largest absolute Gasteiger partial charge is 0.342 e. The Labute approximate surface area is 131 Å². The molecular formula is C16H24N4S. The van der Waals surface area contributed by atoms with E-state index in [0.29, 0.717) is 0 Å². The van der Waals surface area contributed by atoms with E-state index in [1.165, 1.54) is 10.6 Å². The van der Waals surface area contributed by atoms with Crippen LogP contribution in [0.1, 0.15) is 37.0 Å². The predicted molar refractivity (Wildman–Crippen MR) is 89.8 cm³/mol. The van der Waals surface area contributed by atoms with Crippen molar-refractivity contribution in [1.29, 1.82) is 0 Å². The number of nitrogens with zero attached hydrogens (tertiary/aromatic N) is 3. The van der Waals surface area contributed by atoms with Gasteiger partial charge in [-0.1, -0.05) is 19.9 Å². The maximum absolute atomic E-state index is 4.83. The molecule has 2 aromatic rings. The van der Waals surface area contributed by atoms with E-state index in [4.69, 9.17) is 4.98 Å². The molecule has 0 aliphatic rings. The van der Waals surface area contributed by atoms with Gasteiger partial charge in [0.1, 0.15) is 0 Å². The molecule has 0 aliphatic heterocycles. The van der Waals surface area contributed by atoms with E-state index in [1.54, 1.807) is 11.3 Å². The van der Waals surface area contributed by atoms with Crippen LogP contribution in [0.3, 0.4) is 0 Å². The molecule has 0 aromatic carbocycles. The minimum atomic E-state index is 0.814. The Hall–Kier alpha value is -1.46. The summed E-state index contributed by atoms with van der Waals surface area (Å²) < 4.78 is 0. The van der Waals surface area contributed by atoms with Crippen molar-refractivity contribution in [3.8, 4) is 0 Å². The number of hydrogen-bond donors (Lipinski definition) is 1. The van der Waals surface area contributed by atoms with Gasteiger partial charge in [0, 0.05) is 24.2 Å². The Kier molecular flexibility index (Phi) is 6.14. The lowest BCUT2D eigenvalue weighted by Crippen LogP contribution is -2.22. The summed E-state index contributed by atoms with van der Waals surface area (Å²) in [6.45, 7) is 10.1. The summed E-state index contributed by atoms with van der Waals surface area (Å²) >= 11 is 1.80. The predicted octanol–water partition coefficient (Wildman–Crippen LogP) is 3.24. The summed E-state index contributed by atoms with van der Waals surface area (Å²) in [7, 11) is 0. The molecule has 0 spiro atoms. The van der Waals surface area contributed by atoms with Crippen molar-refractivity contribution in [2.45, 2.75) is 40.3 Å². The molecule has 0 atom stereocenters. The molecule has 4 nitrogen and oxygen atoms in total. The van der Waals surface area contributed by atoms with E-state index in [-0.39, 0.29) is 0 Å². The number of thiazole rings is 1. The van der Waals surface area contributed by atoms with Crippen LogP contribution in [-0.2, 0) is 19.5 Å². The third kappa shape index (κ3) is 4.25. The Morgan fingerprint density at radius 1 is 1.24 bits per heavy atom. The highest BCUT2D eigenvalue weighted by molar-refractivity contribution is 7.15. The van der Waals surface area contributed by atoms with Gasteiger partial charge in [-0.05, 0) is 32.0 Å². The Morgan fingerprint density at radius 2 is 2.10 bits per heavy atom. The number of pyridine rings is 1. The van der Waals surface area contributed by atoms with E-state index >= 15 is 0 Å². The number of aromatic nitrogens is 2. The van der Waals surface area contributed by atoms with Crippen molar-refractivity contribution >= 4 is 16.5 Å². The van der Waals surface area contributed by atoms with Crippen LogP contribution in [0, 0.1) is 0 Å². The lowest BCUT2D eigenvalue weighted by atomic mass is 10.3. The van der Waals surface area contributed by atoms with Crippen LogP contribution in [0.5, 0.6) is 0 Å². The smallest absolute Gasteiger partial charge is 0.186 e. The minimum absolute atomic E-state index is 0.814. The second-order valence-electron chi connectivity index (χ2n) is 4.84. The molecule has 0 radical (unpaired) electrons. The normalized spacial score (nSPS) is 10.8. The quantitative estimate of drug-likeness (QED) is 0.813. The zero-order valence-corrected chi connectivity index (χ0v) is 13.9. The molecule has 114 valence electrons. The van der Waals surface area contributed by atoms with Gasteiger partial charge in [0.15, 0.2) is 5.13 Å². The number of nitrogens with one attached hydrogen (secondary N) is 1. The average Bonchev–Trinajstić information content (AvgIpc) is 2.94. The van der Waals surface area contributed by atoms with Crippen LogP contribution in [0.15, 0.2) is 24.4 Å². The van der Waals surface area contributed by atoms with Gasteiger partial charge in [-0.15, -0.1) is 11.3 Å². The average molecular weight is 304 g/mol. The van der Waals surface area contributed by atoms with Crippen molar-refractivity contribution in [2.75, 3.05) is 18.0 Å². The molecule has 0 bridgehead atoms. The number of aryl methyl sites for hydroxylation is 1. The van der Waals surface area contributed by atoms with Crippen molar-refractivity contribution < 1.29 is 0 Å². The zero-order chi connectivity index (χ0) is 15.1. The lowest BCUT2D eigenvalue weighted by molar-refractivity contribution is 0.727. The third-order valence-corrected chi connectivity index (χ3v) is 4.53. The van der Waals surface area contributed by atoms with Gasteiger partial charge in [0.05, 0.1) is 17.9 Å². The van der Waals surface area contributed by atoms with E-state index in [2.05, 4.69) is 42.0 Å². The van der Waals surface area contributed by atoms with Crippen LogP contribution < -0.4 is 10.2 Å². The van der Waals surface area contributed by atoms with Gasteiger partial charge in [-0.25, -0.2) is 4.98 Å². The molecular weight excluding hydrogens is 280 g/mol. The Balaban J connectivity index is 2.15. The Morgan fingerprint density at radius 3 is 2.71 bits per heavy atom. The van der Waals surface area contributed by atoms with Crippen molar-refractivity contribution in [3.05, 3.63) is 40.7 Å². The molecule has 0 fully saturated rings. The molecule has 0 saturated carbocycles. The third-order valence-electron chi connectivity index (χ3n) is 3.37. The van der Waals surface area contributed by atoms with Crippen LogP contribution in [0.2, 0.25) is 0 Å². The standard InChI is InChI=1S/C16H24N4S/c1-4-14-15(11-17-5-2)21-16(19-14)20(6-3)12-13-9-7-8-10-18-13/h7-10,17H,4-6,11-12H2,1-3H3. The van der Waals surface area contributed by atoms with Gasteiger partial charge in [-0.2, -0.15) is 0 Å². The van der Waals surface area contributed by atoms with E-state index in [9.17, 15) is 0 Å². The van der Waals surface area contributed by atoms with Crippen molar-refractivity contribution in [2.24, 2.45) is 0 Å². The Bertz CT molecular complexity index is 538. The molecule has 0 aliphatic carbocycles. The van der Waals surface area contributed by atoms with Gasteiger partial charge >= 0.3 is 0 Å². The fourth-order valence-corrected chi connectivity index (χ4v) is 3.34. The minimum Gasteiger partial charge on any atom is -0.342 e. The van der Waals surface area contributed by atoms with Gasteiger partial charge in [-0.3, -0.25) is 4.98 Å². The van der Waals surface area contributed by atoms with Crippen LogP contribution in [-0.4, -0.2) is 23.1 Å². The summed E-state index contributed by atoms with van der Waals surface area (Å²) in [4.78, 5) is 12.9. The van der Waals surface area contributed by atoms with Gasteiger partial charge in [0.25, 0.3) is 0 Å². The summed E-state index contributed by atoms with van der Waals surface area (Å²) in [5, 5.41) is 4.50. The monoisotopic (exact) mass is 304 g/mol. The highest BCUT2D eigenvalue weighted by Crippen LogP contribution is 2.27. The first-order valence-electron chi connectivity index (χ1n) is 7.62. The summed E-state index contributed by atoms with van der Waals surface area (Å²) in [5.41, 5.74) is 2.30. The van der Waals surface area contributed by atoms with E-state index < -0.39 is 0 Å². The first-order chi connectivity index (χ1) is 10.3. The highest BCUT2D eigenvalue weighted by Gasteiger charge is 2.14. The fraction of sp³-hybridized carbons (Fsp3) is 0.500. The molecule has 0 saturated heterocycles. The fourth-order valence-electron chi connectivity index (χ4n) is 2.16. The molecule has 2 rings (SSSR count). The second kappa shape index (κ2) is 8.10. The zero-order valence-electron chi connectivity index (χ0n) is 13.1. The molecule has 0 unspecified atom stereocenters. The van der Waals surface area contributed by atoms with Crippen molar-refractivity contribution in [3.63, 3.8) is 0 Å². The van der Waals surface area contributed by atoms with E-state index in [1.807, 2.05) is 18.3 Å². The maximum Gasteiger partial charge on any atom is 0.186 e. The second-order valence-corrected chi connectivity index (χ2v) is 5.90. The van der Waals surface area contributed by atoms with E-state index in [0.717, 1.165) is 43.4 Å². The molecule has 0 amide bonds. The van der Waals surface area contributed by atoms with Crippen LogP contribution >= 0.6 is 11.3 Å². The molecule has 5 heteroatoms. The SMILES string of the molecule is CCNCc1sc(N(CC)Cc2ccccn2)nc1CC.